The summed E-state index contributed by atoms with van der Waals surface area (Å²) in [7, 11) is 0. The Bertz CT molecular complexity index is 368. The van der Waals surface area contributed by atoms with Gasteiger partial charge in [0.2, 0.25) is 0 Å². The Morgan fingerprint density at radius 1 is 1.24 bits per heavy atom. The molecule has 0 bridgehead atoms. The van der Waals surface area contributed by atoms with Crippen molar-refractivity contribution in [1.29, 1.82) is 0 Å². The normalized spacial score (nSPS) is 25.4. The van der Waals surface area contributed by atoms with Crippen LogP contribution < -0.4 is 4.90 Å². The first-order valence-electron chi connectivity index (χ1n) is 6.43. The average molecular weight is 234 g/mol. The van der Waals surface area contributed by atoms with Gasteiger partial charge < -0.3 is 9.64 Å². The summed E-state index contributed by atoms with van der Waals surface area (Å²) in [5.74, 6) is 1.56. The minimum Gasteiger partial charge on any atom is -0.372 e. The van der Waals surface area contributed by atoms with E-state index in [1.807, 2.05) is 0 Å². The Morgan fingerprint density at radius 2 is 1.88 bits per heavy atom. The Labute approximate surface area is 104 Å². The number of rotatable bonds is 2. The topological polar surface area (TPSA) is 25.4 Å². The van der Waals surface area contributed by atoms with Gasteiger partial charge in [0.1, 0.15) is 5.82 Å². The summed E-state index contributed by atoms with van der Waals surface area (Å²) in [6.07, 6.45) is 0.562. The first-order chi connectivity index (χ1) is 8.06. The van der Waals surface area contributed by atoms with E-state index in [-0.39, 0.29) is 12.2 Å². The van der Waals surface area contributed by atoms with Crippen molar-refractivity contribution in [2.45, 2.75) is 45.8 Å². The van der Waals surface area contributed by atoms with Gasteiger partial charge in [-0.25, -0.2) is 4.98 Å². The molecule has 3 heteroatoms. The van der Waals surface area contributed by atoms with Crippen LogP contribution in [0.25, 0.3) is 0 Å². The van der Waals surface area contributed by atoms with Crippen LogP contribution in [0.3, 0.4) is 0 Å². The summed E-state index contributed by atoms with van der Waals surface area (Å²) in [6.45, 7) is 10.5. The fourth-order valence-corrected chi connectivity index (χ4v) is 2.30. The zero-order valence-corrected chi connectivity index (χ0v) is 11.2. The molecule has 1 aliphatic rings. The SMILES string of the molecule is CC1CN(c2cccc(C(C)C)n2)CC(C)O1. The van der Waals surface area contributed by atoms with E-state index in [1.54, 1.807) is 0 Å². The van der Waals surface area contributed by atoms with Crippen LogP contribution in [0, 0.1) is 0 Å². The Kier molecular flexibility index (Phi) is 3.67. The molecule has 1 saturated heterocycles. The van der Waals surface area contributed by atoms with Crippen molar-refractivity contribution in [3.8, 4) is 0 Å². The maximum atomic E-state index is 5.75. The fourth-order valence-electron chi connectivity index (χ4n) is 2.30. The van der Waals surface area contributed by atoms with Crippen LogP contribution in [0.15, 0.2) is 18.2 Å². The summed E-state index contributed by atoms with van der Waals surface area (Å²) >= 11 is 0. The largest absolute Gasteiger partial charge is 0.372 e. The zero-order chi connectivity index (χ0) is 12.4. The van der Waals surface area contributed by atoms with Gasteiger partial charge in [-0.3, -0.25) is 0 Å². The molecule has 1 aromatic rings. The lowest BCUT2D eigenvalue weighted by atomic mass is 10.1. The molecule has 0 aliphatic carbocycles. The number of ether oxygens (including phenoxy) is 1. The number of hydrogen-bond acceptors (Lipinski definition) is 3. The monoisotopic (exact) mass is 234 g/mol. The molecular formula is C14H22N2O. The molecule has 2 atom stereocenters. The highest BCUT2D eigenvalue weighted by molar-refractivity contribution is 5.40. The van der Waals surface area contributed by atoms with Crippen LogP contribution in [0.2, 0.25) is 0 Å². The van der Waals surface area contributed by atoms with Gasteiger partial charge in [-0.15, -0.1) is 0 Å². The second-order valence-electron chi connectivity index (χ2n) is 5.24. The number of anilines is 1. The molecular weight excluding hydrogens is 212 g/mol. The molecule has 1 aliphatic heterocycles. The standard InChI is InChI=1S/C14H22N2O/c1-10(2)13-6-5-7-14(15-13)16-8-11(3)17-12(4)9-16/h5-7,10-12H,8-9H2,1-4H3. The van der Waals surface area contributed by atoms with Crippen molar-refractivity contribution in [1.82, 2.24) is 4.98 Å². The third-order valence-corrected chi connectivity index (χ3v) is 3.09. The lowest BCUT2D eigenvalue weighted by Gasteiger charge is -2.36. The predicted octanol–water partition coefficient (Wildman–Crippen LogP) is 2.82. The number of aromatic nitrogens is 1. The first-order valence-corrected chi connectivity index (χ1v) is 6.43. The molecule has 3 nitrogen and oxygen atoms in total. The van der Waals surface area contributed by atoms with Gasteiger partial charge >= 0.3 is 0 Å². The van der Waals surface area contributed by atoms with E-state index in [0.29, 0.717) is 5.92 Å². The van der Waals surface area contributed by atoms with E-state index in [4.69, 9.17) is 9.72 Å². The van der Waals surface area contributed by atoms with Gasteiger partial charge in [0.05, 0.1) is 12.2 Å². The van der Waals surface area contributed by atoms with Crippen molar-refractivity contribution >= 4 is 5.82 Å². The Morgan fingerprint density at radius 3 is 2.47 bits per heavy atom. The number of hydrogen-bond donors (Lipinski definition) is 0. The van der Waals surface area contributed by atoms with Gasteiger partial charge in [-0.05, 0) is 31.9 Å². The van der Waals surface area contributed by atoms with Crippen LogP contribution in [0.1, 0.15) is 39.3 Å². The molecule has 1 aromatic heterocycles. The molecule has 0 saturated carbocycles. The van der Waals surface area contributed by atoms with Gasteiger partial charge in [-0.2, -0.15) is 0 Å². The van der Waals surface area contributed by atoms with Gasteiger partial charge in [0.15, 0.2) is 0 Å². The molecule has 0 radical (unpaired) electrons. The predicted molar refractivity (Wildman–Crippen MR) is 70.5 cm³/mol. The summed E-state index contributed by atoms with van der Waals surface area (Å²) in [6, 6.07) is 6.29. The molecule has 1 fully saturated rings. The highest BCUT2D eigenvalue weighted by Crippen LogP contribution is 2.20. The van der Waals surface area contributed by atoms with Crippen LogP contribution >= 0.6 is 0 Å². The van der Waals surface area contributed by atoms with E-state index in [1.165, 1.54) is 0 Å². The third-order valence-electron chi connectivity index (χ3n) is 3.09. The number of pyridine rings is 1. The molecule has 17 heavy (non-hydrogen) atoms. The molecule has 0 aromatic carbocycles. The summed E-state index contributed by atoms with van der Waals surface area (Å²) in [5.41, 5.74) is 1.16. The van der Waals surface area contributed by atoms with E-state index in [2.05, 4.69) is 50.8 Å². The number of morpholine rings is 1. The maximum Gasteiger partial charge on any atom is 0.128 e. The van der Waals surface area contributed by atoms with E-state index in [0.717, 1.165) is 24.6 Å². The van der Waals surface area contributed by atoms with Crippen LogP contribution in [-0.2, 0) is 4.74 Å². The summed E-state index contributed by atoms with van der Waals surface area (Å²) < 4.78 is 5.75. The Balaban J connectivity index is 2.18. The van der Waals surface area contributed by atoms with E-state index in [9.17, 15) is 0 Å². The zero-order valence-electron chi connectivity index (χ0n) is 11.2. The lowest BCUT2D eigenvalue weighted by Crippen LogP contribution is -2.45. The molecule has 2 unspecified atom stereocenters. The van der Waals surface area contributed by atoms with Gasteiger partial charge in [-0.1, -0.05) is 19.9 Å². The summed E-state index contributed by atoms with van der Waals surface area (Å²) in [4.78, 5) is 7.06. The molecule has 2 rings (SSSR count). The summed E-state index contributed by atoms with van der Waals surface area (Å²) in [5, 5.41) is 0. The number of nitrogens with zero attached hydrogens (tertiary/aromatic N) is 2. The average Bonchev–Trinajstić information content (AvgIpc) is 2.28. The van der Waals surface area contributed by atoms with Crippen LogP contribution in [-0.4, -0.2) is 30.3 Å². The highest BCUT2D eigenvalue weighted by atomic mass is 16.5. The second kappa shape index (κ2) is 5.05. The van der Waals surface area contributed by atoms with Crippen molar-refractivity contribution in [3.05, 3.63) is 23.9 Å². The molecule has 0 spiro atoms. The molecule has 0 N–H and O–H groups in total. The van der Waals surface area contributed by atoms with Crippen LogP contribution in [0.5, 0.6) is 0 Å². The third kappa shape index (κ3) is 2.97. The second-order valence-corrected chi connectivity index (χ2v) is 5.24. The van der Waals surface area contributed by atoms with E-state index < -0.39 is 0 Å². The van der Waals surface area contributed by atoms with Gasteiger partial charge in [0.25, 0.3) is 0 Å². The maximum absolute atomic E-state index is 5.75. The Hall–Kier alpha value is -1.09. The minimum atomic E-state index is 0.281. The van der Waals surface area contributed by atoms with Crippen LogP contribution in [0.4, 0.5) is 5.82 Å². The molecule has 94 valence electrons. The molecule has 0 amide bonds. The highest BCUT2D eigenvalue weighted by Gasteiger charge is 2.23. The lowest BCUT2D eigenvalue weighted by molar-refractivity contribution is -0.00546. The van der Waals surface area contributed by atoms with Crippen molar-refractivity contribution in [3.63, 3.8) is 0 Å². The quantitative estimate of drug-likeness (QED) is 0.787. The van der Waals surface area contributed by atoms with Gasteiger partial charge in [0, 0.05) is 18.8 Å². The minimum absolute atomic E-state index is 0.281. The molecule has 2 heterocycles. The van der Waals surface area contributed by atoms with Crippen molar-refractivity contribution in [2.75, 3.05) is 18.0 Å². The first kappa shape index (κ1) is 12.4. The fraction of sp³-hybridized carbons (Fsp3) is 0.643. The van der Waals surface area contributed by atoms with Crippen molar-refractivity contribution < 1.29 is 4.74 Å². The smallest absolute Gasteiger partial charge is 0.128 e. The van der Waals surface area contributed by atoms with E-state index >= 15 is 0 Å². The van der Waals surface area contributed by atoms with Crippen molar-refractivity contribution in [2.24, 2.45) is 0 Å².